The van der Waals surface area contributed by atoms with Gasteiger partial charge in [0.05, 0.1) is 17.1 Å². The van der Waals surface area contributed by atoms with E-state index in [0.29, 0.717) is 6.04 Å². The maximum Gasteiger partial charge on any atom is 0.124 e. The highest BCUT2D eigenvalue weighted by Crippen LogP contribution is 2.28. The maximum atomic E-state index is 4.82. The summed E-state index contributed by atoms with van der Waals surface area (Å²) >= 11 is 0. The van der Waals surface area contributed by atoms with E-state index in [1.165, 1.54) is 37.0 Å². The summed E-state index contributed by atoms with van der Waals surface area (Å²) in [4.78, 5) is 11.0. The second-order valence-corrected chi connectivity index (χ2v) is 6.29. The third kappa shape index (κ3) is 2.59. The Morgan fingerprint density at radius 3 is 2.80 bits per heavy atom. The predicted molar refractivity (Wildman–Crippen MR) is 83.8 cm³/mol. The van der Waals surface area contributed by atoms with Gasteiger partial charge in [-0.05, 0) is 62.9 Å². The van der Waals surface area contributed by atoms with Crippen molar-refractivity contribution in [3.63, 3.8) is 0 Å². The van der Waals surface area contributed by atoms with Crippen LogP contribution in [0.15, 0.2) is 18.2 Å². The Morgan fingerprint density at radius 1 is 1.35 bits per heavy atom. The molecule has 3 heteroatoms. The molecule has 1 fully saturated rings. The fourth-order valence-electron chi connectivity index (χ4n) is 3.27. The smallest absolute Gasteiger partial charge is 0.124 e. The van der Waals surface area contributed by atoms with E-state index in [9.17, 15) is 0 Å². The van der Waals surface area contributed by atoms with Crippen LogP contribution in [-0.4, -0.2) is 28.0 Å². The third-order valence-corrected chi connectivity index (χ3v) is 4.62. The van der Waals surface area contributed by atoms with Gasteiger partial charge in [-0.25, -0.2) is 4.98 Å². The molecular weight excluding hydrogens is 246 g/mol. The molecule has 0 amide bonds. The molecule has 108 valence electrons. The van der Waals surface area contributed by atoms with Gasteiger partial charge in [0.25, 0.3) is 0 Å². The first-order chi connectivity index (χ1) is 9.67. The molecule has 1 aliphatic heterocycles. The first-order valence-electron chi connectivity index (χ1n) is 7.87. The molecule has 0 spiro atoms. The number of hydrogen-bond acceptors (Lipinski definition) is 2. The Kier molecular flexibility index (Phi) is 3.79. The molecule has 1 aromatic heterocycles. The van der Waals surface area contributed by atoms with Crippen molar-refractivity contribution < 1.29 is 0 Å². The average molecular weight is 271 g/mol. The molecule has 1 N–H and O–H groups in total. The number of hydrogen-bond donors (Lipinski definition) is 1. The number of piperidine rings is 1. The fourth-order valence-corrected chi connectivity index (χ4v) is 3.27. The average Bonchev–Trinajstić information content (AvgIpc) is 2.84. The minimum absolute atomic E-state index is 0.440. The summed E-state index contributed by atoms with van der Waals surface area (Å²) in [5.74, 6) is 2.02. The van der Waals surface area contributed by atoms with E-state index >= 15 is 0 Å². The van der Waals surface area contributed by atoms with Crippen LogP contribution < -0.4 is 0 Å². The number of H-pyrrole nitrogens is 1. The minimum atomic E-state index is 0.440. The molecule has 1 saturated heterocycles. The highest BCUT2D eigenvalue weighted by Gasteiger charge is 2.25. The van der Waals surface area contributed by atoms with E-state index in [1.54, 1.807) is 0 Å². The van der Waals surface area contributed by atoms with Crippen molar-refractivity contribution in [2.75, 3.05) is 13.1 Å². The molecule has 2 aromatic rings. The van der Waals surface area contributed by atoms with Gasteiger partial charge >= 0.3 is 0 Å². The number of nitrogens with one attached hydrogen (secondary N) is 1. The number of likely N-dealkylation sites (tertiary alicyclic amines) is 1. The van der Waals surface area contributed by atoms with Gasteiger partial charge in [-0.1, -0.05) is 19.9 Å². The molecule has 20 heavy (non-hydrogen) atoms. The summed E-state index contributed by atoms with van der Waals surface area (Å²) in [7, 11) is 0. The van der Waals surface area contributed by atoms with Gasteiger partial charge in [0.15, 0.2) is 0 Å². The summed E-state index contributed by atoms with van der Waals surface area (Å²) in [6.07, 6.45) is 3.75. The second kappa shape index (κ2) is 5.57. The van der Waals surface area contributed by atoms with Crippen molar-refractivity contribution in [3.8, 4) is 0 Å². The zero-order chi connectivity index (χ0) is 14.1. The number of nitrogens with zero attached hydrogens (tertiary/aromatic N) is 2. The van der Waals surface area contributed by atoms with Crippen molar-refractivity contribution in [2.45, 2.75) is 46.1 Å². The molecular formula is C17H25N3. The lowest BCUT2D eigenvalue weighted by Gasteiger charge is -2.35. The Labute approximate surface area is 121 Å². The van der Waals surface area contributed by atoms with Crippen molar-refractivity contribution in [3.05, 3.63) is 29.6 Å². The van der Waals surface area contributed by atoms with E-state index in [-0.39, 0.29) is 0 Å². The lowest BCUT2D eigenvalue weighted by atomic mass is 9.97. The first-order valence-corrected chi connectivity index (χ1v) is 7.87. The Morgan fingerprint density at radius 2 is 2.10 bits per heavy atom. The molecule has 0 saturated carbocycles. The molecule has 2 heterocycles. The van der Waals surface area contributed by atoms with Crippen molar-refractivity contribution in [1.82, 2.24) is 14.9 Å². The van der Waals surface area contributed by atoms with Crippen molar-refractivity contribution in [2.24, 2.45) is 5.92 Å². The van der Waals surface area contributed by atoms with Crippen LogP contribution in [-0.2, 0) is 0 Å². The predicted octanol–water partition coefficient (Wildman–Crippen LogP) is 4.05. The van der Waals surface area contributed by atoms with Gasteiger partial charge in [0, 0.05) is 0 Å². The van der Waals surface area contributed by atoms with Gasteiger partial charge in [0.2, 0.25) is 0 Å². The van der Waals surface area contributed by atoms with E-state index in [4.69, 9.17) is 4.98 Å². The zero-order valence-electron chi connectivity index (χ0n) is 12.8. The zero-order valence-corrected chi connectivity index (χ0v) is 12.8. The number of imidazole rings is 1. The highest BCUT2D eigenvalue weighted by molar-refractivity contribution is 5.75. The molecule has 0 aliphatic carbocycles. The number of aromatic amines is 1. The molecule has 1 aromatic carbocycles. The SMILES string of the molecule is CCC(c1nc2ccc(C)cc2[nH]1)N1CCC(C)CC1. The molecule has 0 bridgehead atoms. The molecule has 0 radical (unpaired) electrons. The number of fused-ring (bicyclic) bond motifs is 1. The molecule has 3 rings (SSSR count). The summed E-state index contributed by atoms with van der Waals surface area (Å²) in [6.45, 7) is 9.16. The molecule has 1 unspecified atom stereocenters. The Hall–Kier alpha value is -1.35. The summed E-state index contributed by atoms with van der Waals surface area (Å²) in [6, 6.07) is 6.89. The minimum Gasteiger partial charge on any atom is -0.341 e. The summed E-state index contributed by atoms with van der Waals surface area (Å²) in [5, 5.41) is 0. The van der Waals surface area contributed by atoms with Crippen molar-refractivity contribution >= 4 is 11.0 Å². The second-order valence-electron chi connectivity index (χ2n) is 6.29. The van der Waals surface area contributed by atoms with Gasteiger partial charge in [-0.15, -0.1) is 0 Å². The van der Waals surface area contributed by atoms with Gasteiger partial charge in [-0.3, -0.25) is 4.90 Å². The maximum absolute atomic E-state index is 4.82. The molecule has 3 nitrogen and oxygen atoms in total. The first kappa shape index (κ1) is 13.6. The normalized spacial score (nSPS) is 19.6. The van der Waals surface area contributed by atoms with Crippen LogP contribution in [0.2, 0.25) is 0 Å². The standard InChI is InChI=1S/C17H25N3/c1-4-16(20-9-7-12(2)8-10-20)17-18-14-6-5-13(3)11-15(14)19-17/h5-6,11-12,16H,4,7-10H2,1-3H3,(H,18,19). The van der Waals surface area contributed by atoms with E-state index in [1.807, 2.05) is 0 Å². The lowest BCUT2D eigenvalue weighted by Crippen LogP contribution is -2.36. The van der Waals surface area contributed by atoms with Crippen LogP contribution in [0.25, 0.3) is 11.0 Å². The fraction of sp³-hybridized carbons (Fsp3) is 0.588. The van der Waals surface area contributed by atoms with E-state index in [0.717, 1.165) is 23.7 Å². The molecule has 1 atom stereocenters. The van der Waals surface area contributed by atoms with Crippen LogP contribution in [0, 0.1) is 12.8 Å². The monoisotopic (exact) mass is 271 g/mol. The lowest BCUT2D eigenvalue weighted by molar-refractivity contribution is 0.130. The highest BCUT2D eigenvalue weighted by atomic mass is 15.2. The summed E-state index contributed by atoms with van der Waals surface area (Å²) < 4.78 is 0. The van der Waals surface area contributed by atoms with Gasteiger partial charge in [-0.2, -0.15) is 0 Å². The molecule has 1 aliphatic rings. The Balaban J connectivity index is 1.87. The number of aryl methyl sites for hydroxylation is 1. The largest absolute Gasteiger partial charge is 0.341 e. The van der Waals surface area contributed by atoms with E-state index in [2.05, 4.69) is 48.9 Å². The number of rotatable bonds is 3. The quantitative estimate of drug-likeness (QED) is 0.913. The van der Waals surface area contributed by atoms with Crippen LogP contribution >= 0.6 is 0 Å². The van der Waals surface area contributed by atoms with Crippen LogP contribution in [0.1, 0.15) is 50.5 Å². The topological polar surface area (TPSA) is 31.9 Å². The van der Waals surface area contributed by atoms with Crippen molar-refractivity contribution in [1.29, 1.82) is 0 Å². The van der Waals surface area contributed by atoms with Gasteiger partial charge in [0.1, 0.15) is 5.82 Å². The third-order valence-electron chi connectivity index (χ3n) is 4.62. The van der Waals surface area contributed by atoms with Crippen LogP contribution in [0.5, 0.6) is 0 Å². The Bertz CT molecular complexity index is 579. The van der Waals surface area contributed by atoms with E-state index < -0.39 is 0 Å². The number of aromatic nitrogens is 2. The van der Waals surface area contributed by atoms with Crippen LogP contribution in [0.4, 0.5) is 0 Å². The number of benzene rings is 1. The van der Waals surface area contributed by atoms with Gasteiger partial charge < -0.3 is 4.98 Å². The van der Waals surface area contributed by atoms with Crippen LogP contribution in [0.3, 0.4) is 0 Å². The summed E-state index contributed by atoms with van der Waals surface area (Å²) in [5.41, 5.74) is 3.55.